The molecule has 0 radical (unpaired) electrons. The summed E-state index contributed by atoms with van der Waals surface area (Å²) in [4.78, 5) is 12.1. The summed E-state index contributed by atoms with van der Waals surface area (Å²) < 4.78 is 4.93. The highest BCUT2D eigenvalue weighted by Gasteiger charge is 2.47. The van der Waals surface area contributed by atoms with Crippen molar-refractivity contribution in [1.29, 1.82) is 0 Å². The minimum absolute atomic E-state index is 0.296. The lowest BCUT2D eigenvalue weighted by molar-refractivity contribution is -0.157. The maximum Gasteiger partial charge on any atom is 0.311 e. The molecule has 0 aromatic heterocycles. The highest BCUT2D eigenvalue weighted by atomic mass is 16.5. The van der Waals surface area contributed by atoms with Gasteiger partial charge in [-0.25, -0.2) is 0 Å². The van der Waals surface area contributed by atoms with Gasteiger partial charge in [-0.3, -0.25) is 4.79 Å². The molecule has 0 amide bonds. The van der Waals surface area contributed by atoms with Crippen LogP contribution in [0.5, 0.6) is 0 Å². The van der Waals surface area contributed by atoms with Crippen molar-refractivity contribution in [3.8, 4) is 0 Å². The van der Waals surface area contributed by atoms with Gasteiger partial charge in [0.15, 0.2) is 0 Å². The van der Waals surface area contributed by atoms with Crippen LogP contribution in [-0.2, 0) is 21.6 Å². The summed E-state index contributed by atoms with van der Waals surface area (Å²) in [6.45, 7) is 4.10. The van der Waals surface area contributed by atoms with Crippen LogP contribution < -0.4 is 0 Å². The van der Waals surface area contributed by atoms with Gasteiger partial charge >= 0.3 is 5.97 Å². The van der Waals surface area contributed by atoms with Gasteiger partial charge in [-0.2, -0.15) is 0 Å². The Kier molecular flexibility index (Phi) is 4.48. The summed E-state index contributed by atoms with van der Waals surface area (Å²) in [5.74, 6) is -0.759. The average Bonchev–Trinajstić information content (AvgIpc) is 2.77. The quantitative estimate of drug-likeness (QED) is 0.841. The van der Waals surface area contributed by atoms with Crippen LogP contribution >= 0.6 is 0 Å². The summed E-state index contributed by atoms with van der Waals surface area (Å²) in [7, 11) is 1.40. The first-order chi connectivity index (χ1) is 9.52. The second kappa shape index (κ2) is 5.96. The molecule has 110 valence electrons. The van der Waals surface area contributed by atoms with Gasteiger partial charge in [-0.1, -0.05) is 43.5 Å². The molecule has 0 saturated heterocycles. The van der Waals surface area contributed by atoms with E-state index in [1.165, 1.54) is 7.11 Å². The molecule has 0 bridgehead atoms. The number of methoxy groups -OCH3 is 1. The molecule has 2 unspecified atom stereocenters. The number of aliphatic hydroxyl groups is 1. The third-order valence-corrected chi connectivity index (χ3v) is 4.42. The largest absolute Gasteiger partial charge is 0.469 e. The number of rotatable bonds is 5. The summed E-state index contributed by atoms with van der Waals surface area (Å²) in [5.41, 5.74) is 2.12. The maximum atomic E-state index is 12.1. The highest BCUT2D eigenvalue weighted by molar-refractivity contribution is 5.74. The minimum atomic E-state index is -1.07. The third-order valence-electron chi connectivity index (χ3n) is 4.42. The molecule has 0 heterocycles. The van der Waals surface area contributed by atoms with Crippen molar-refractivity contribution >= 4 is 5.97 Å². The van der Waals surface area contributed by atoms with Gasteiger partial charge in [0.25, 0.3) is 0 Å². The fourth-order valence-corrected chi connectivity index (χ4v) is 3.24. The van der Waals surface area contributed by atoms with Gasteiger partial charge in [-0.05, 0) is 37.3 Å². The number of hydrogen-bond acceptors (Lipinski definition) is 3. The Morgan fingerprint density at radius 1 is 1.50 bits per heavy atom. The molecule has 1 N–H and O–H groups in total. The van der Waals surface area contributed by atoms with Crippen LogP contribution in [0.1, 0.15) is 49.3 Å². The lowest BCUT2D eigenvalue weighted by atomic mass is 9.79. The smallest absolute Gasteiger partial charge is 0.311 e. The summed E-state index contributed by atoms with van der Waals surface area (Å²) in [6.07, 6.45) is 4.03. The van der Waals surface area contributed by atoms with Gasteiger partial charge in [-0.15, -0.1) is 0 Å². The van der Waals surface area contributed by atoms with Crippen LogP contribution in [-0.4, -0.2) is 18.2 Å². The number of ether oxygens (including phenoxy) is 1. The van der Waals surface area contributed by atoms with Crippen LogP contribution in [0.15, 0.2) is 18.2 Å². The zero-order valence-electron chi connectivity index (χ0n) is 12.6. The lowest BCUT2D eigenvalue weighted by Crippen LogP contribution is -2.39. The molecule has 1 aliphatic carbocycles. The van der Waals surface area contributed by atoms with Crippen molar-refractivity contribution in [2.75, 3.05) is 7.11 Å². The van der Waals surface area contributed by atoms with E-state index in [0.29, 0.717) is 12.8 Å². The van der Waals surface area contributed by atoms with Crippen LogP contribution in [0, 0.1) is 12.8 Å². The average molecular weight is 276 g/mol. The molecular formula is C17H24O3. The van der Waals surface area contributed by atoms with Gasteiger partial charge < -0.3 is 9.84 Å². The molecule has 0 spiro atoms. The first-order valence-electron chi connectivity index (χ1n) is 7.43. The standard InChI is InChI=1S/C17H24O3/c1-4-5-6-14(16(18)20-3)17(19)10-9-13-8-7-12(2)11-15(13)17/h7-8,11,14,19H,4-6,9-10H2,1-3H3. The van der Waals surface area contributed by atoms with E-state index in [4.69, 9.17) is 4.74 Å². The number of aryl methyl sites for hydroxylation is 2. The maximum absolute atomic E-state index is 12.1. The van der Waals surface area contributed by atoms with Crippen LogP contribution in [0.3, 0.4) is 0 Å². The molecule has 0 fully saturated rings. The number of unbranched alkanes of at least 4 members (excludes halogenated alkanes) is 1. The Labute approximate surface area is 121 Å². The van der Waals surface area contributed by atoms with Crippen LogP contribution in [0.4, 0.5) is 0 Å². The van der Waals surface area contributed by atoms with Gasteiger partial charge in [0, 0.05) is 0 Å². The molecule has 0 saturated carbocycles. The normalized spacial score (nSPS) is 22.4. The van der Waals surface area contributed by atoms with Crippen molar-refractivity contribution in [2.45, 2.75) is 51.6 Å². The van der Waals surface area contributed by atoms with Crippen LogP contribution in [0.2, 0.25) is 0 Å². The van der Waals surface area contributed by atoms with Crippen LogP contribution in [0.25, 0.3) is 0 Å². The monoisotopic (exact) mass is 276 g/mol. The summed E-state index contributed by atoms with van der Waals surface area (Å²) in [6, 6.07) is 6.14. The second-order valence-corrected chi connectivity index (χ2v) is 5.80. The molecule has 1 aliphatic rings. The molecule has 20 heavy (non-hydrogen) atoms. The van der Waals surface area contributed by atoms with Crippen molar-refractivity contribution in [3.05, 3.63) is 34.9 Å². The van der Waals surface area contributed by atoms with E-state index in [1.54, 1.807) is 0 Å². The Morgan fingerprint density at radius 3 is 2.90 bits per heavy atom. The first-order valence-corrected chi connectivity index (χ1v) is 7.43. The van der Waals surface area contributed by atoms with E-state index in [2.05, 4.69) is 19.1 Å². The van der Waals surface area contributed by atoms with E-state index in [0.717, 1.165) is 36.0 Å². The molecule has 1 aromatic rings. The third kappa shape index (κ3) is 2.59. The lowest BCUT2D eigenvalue weighted by Gasteiger charge is -2.32. The fraction of sp³-hybridized carbons (Fsp3) is 0.588. The Balaban J connectivity index is 2.38. The molecule has 3 heteroatoms. The summed E-state index contributed by atoms with van der Waals surface area (Å²) in [5, 5.41) is 11.2. The summed E-state index contributed by atoms with van der Waals surface area (Å²) >= 11 is 0. The molecule has 1 aromatic carbocycles. The first kappa shape index (κ1) is 15.0. The molecular weight excluding hydrogens is 252 g/mol. The van der Waals surface area contributed by atoms with Gasteiger partial charge in [0.05, 0.1) is 13.0 Å². The number of benzene rings is 1. The number of carbonyl (C=O) groups excluding carboxylic acids is 1. The topological polar surface area (TPSA) is 46.5 Å². The molecule has 2 atom stereocenters. The predicted octanol–water partition coefficient (Wildman–Crippen LogP) is 3.11. The molecule has 0 aliphatic heterocycles. The van der Waals surface area contributed by atoms with Gasteiger partial charge in [0.1, 0.15) is 5.60 Å². The highest BCUT2D eigenvalue weighted by Crippen LogP contribution is 2.44. The van der Waals surface area contributed by atoms with Crippen molar-refractivity contribution in [3.63, 3.8) is 0 Å². The number of hydrogen-bond donors (Lipinski definition) is 1. The van der Waals surface area contributed by atoms with E-state index in [9.17, 15) is 9.90 Å². The number of fused-ring (bicyclic) bond motifs is 1. The van der Waals surface area contributed by atoms with E-state index < -0.39 is 11.5 Å². The predicted molar refractivity (Wildman–Crippen MR) is 78.4 cm³/mol. The number of esters is 1. The van der Waals surface area contributed by atoms with E-state index >= 15 is 0 Å². The fourth-order valence-electron chi connectivity index (χ4n) is 3.24. The molecule has 3 nitrogen and oxygen atoms in total. The van der Waals surface area contributed by atoms with E-state index in [-0.39, 0.29) is 5.97 Å². The van der Waals surface area contributed by atoms with Crippen molar-refractivity contribution in [2.24, 2.45) is 5.92 Å². The molecule has 2 rings (SSSR count). The Bertz CT molecular complexity index is 495. The van der Waals surface area contributed by atoms with Crippen molar-refractivity contribution < 1.29 is 14.6 Å². The Hall–Kier alpha value is -1.35. The zero-order valence-corrected chi connectivity index (χ0v) is 12.6. The Morgan fingerprint density at radius 2 is 2.25 bits per heavy atom. The second-order valence-electron chi connectivity index (χ2n) is 5.80. The zero-order chi connectivity index (χ0) is 14.8. The number of carbonyl (C=O) groups is 1. The minimum Gasteiger partial charge on any atom is -0.469 e. The van der Waals surface area contributed by atoms with Crippen molar-refractivity contribution in [1.82, 2.24) is 0 Å². The SMILES string of the molecule is CCCCC(C(=O)OC)C1(O)CCc2ccc(C)cc21. The van der Waals surface area contributed by atoms with Gasteiger partial charge in [0.2, 0.25) is 0 Å². The van der Waals surface area contributed by atoms with E-state index in [1.807, 2.05) is 13.0 Å².